The Morgan fingerprint density at radius 3 is 2.72 bits per heavy atom. The van der Waals surface area contributed by atoms with Gasteiger partial charge in [-0.05, 0) is 12.5 Å². The van der Waals surface area contributed by atoms with Crippen LogP contribution in [0.5, 0.6) is 5.75 Å². The van der Waals surface area contributed by atoms with Gasteiger partial charge in [0.15, 0.2) is 5.69 Å². The molecule has 0 aromatic carbocycles. The smallest absolute Gasteiger partial charge is 0.434 e. The summed E-state index contributed by atoms with van der Waals surface area (Å²) in [6, 6.07) is 2.76. The van der Waals surface area contributed by atoms with Crippen molar-refractivity contribution in [1.29, 1.82) is 0 Å². The topological polar surface area (TPSA) is 61.4 Å². The van der Waals surface area contributed by atoms with Crippen LogP contribution in [0.25, 0.3) is 16.8 Å². The normalized spacial score (nSPS) is 11.9. The maximum Gasteiger partial charge on any atom is 0.434 e. The largest absolute Gasteiger partial charge is 0.497 e. The van der Waals surface area contributed by atoms with Gasteiger partial charge in [-0.2, -0.15) is 18.3 Å². The average molecular weight is 352 g/mol. The number of aryl methyl sites for hydroxylation is 1. The minimum atomic E-state index is -4.78. The molecule has 0 spiro atoms. The molecule has 0 saturated carbocycles. The van der Waals surface area contributed by atoms with E-state index in [9.17, 15) is 18.0 Å². The van der Waals surface area contributed by atoms with Crippen molar-refractivity contribution in [2.24, 2.45) is 0 Å². The van der Waals surface area contributed by atoms with Gasteiger partial charge in [-0.25, -0.2) is 4.98 Å². The number of ether oxygens (including phenoxy) is 1. The quantitative estimate of drug-likeness (QED) is 0.724. The van der Waals surface area contributed by atoms with Gasteiger partial charge in [-0.3, -0.25) is 13.9 Å². The molecule has 0 aliphatic carbocycles. The number of hydrogen-bond donors (Lipinski definition) is 0. The van der Waals surface area contributed by atoms with E-state index in [0.29, 0.717) is 12.3 Å². The van der Waals surface area contributed by atoms with E-state index in [4.69, 9.17) is 4.74 Å². The van der Waals surface area contributed by atoms with Crippen molar-refractivity contribution in [3.05, 3.63) is 46.8 Å². The van der Waals surface area contributed by atoms with Crippen LogP contribution in [0.4, 0.5) is 13.2 Å². The SMILES string of the molecule is CCCn1cc(-c2c(C(F)(F)F)nc3cc(OC)ccn3c2=O)cn1. The predicted molar refractivity (Wildman–Crippen MR) is 84.5 cm³/mol. The standard InChI is InChI=1S/C16H15F3N4O2/c1-3-5-22-9-10(8-20-22)13-14(16(17,18)19)21-12-7-11(25-2)4-6-23(12)15(13)24/h4,6-9H,3,5H2,1-2H3. The predicted octanol–water partition coefficient (Wildman–Crippen LogP) is 3.00. The highest BCUT2D eigenvalue weighted by Gasteiger charge is 2.38. The molecule has 25 heavy (non-hydrogen) atoms. The van der Waals surface area contributed by atoms with Gasteiger partial charge in [0.2, 0.25) is 0 Å². The number of pyridine rings is 1. The minimum absolute atomic E-state index is 0.0866. The summed E-state index contributed by atoms with van der Waals surface area (Å²) in [5.74, 6) is 0.309. The Bertz CT molecular complexity index is 976. The molecule has 132 valence electrons. The van der Waals surface area contributed by atoms with Gasteiger partial charge in [-0.15, -0.1) is 0 Å². The molecule has 0 bridgehead atoms. The number of rotatable bonds is 4. The lowest BCUT2D eigenvalue weighted by Gasteiger charge is -2.12. The van der Waals surface area contributed by atoms with Gasteiger partial charge in [0.1, 0.15) is 11.4 Å². The molecule has 0 amide bonds. The number of halogens is 3. The fourth-order valence-corrected chi connectivity index (χ4v) is 2.56. The molecule has 0 aliphatic heterocycles. The van der Waals surface area contributed by atoms with Crippen molar-refractivity contribution >= 4 is 5.65 Å². The van der Waals surface area contributed by atoms with Crippen molar-refractivity contribution in [3.63, 3.8) is 0 Å². The molecule has 9 heteroatoms. The third-order valence-electron chi connectivity index (χ3n) is 3.68. The Morgan fingerprint density at radius 2 is 2.08 bits per heavy atom. The van der Waals surface area contributed by atoms with Crippen LogP contribution in [0.2, 0.25) is 0 Å². The van der Waals surface area contributed by atoms with Crippen LogP contribution in [0.3, 0.4) is 0 Å². The zero-order chi connectivity index (χ0) is 18.2. The molecular weight excluding hydrogens is 337 g/mol. The monoisotopic (exact) mass is 352 g/mol. The zero-order valence-electron chi connectivity index (χ0n) is 13.5. The summed E-state index contributed by atoms with van der Waals surface area (Å²) < 4.78 is 48.1. The number of methoxy groups -OCH3 is 1. The third-order valence-corrected chi connectivity index (χ3v) is 3.68. The number of hydrogen-bond acceptors (Lipinski definition) is 4. The van der Waals surface area contributed by atoms with Crippen LogP contribution in [0, 0.1) is 0 Å². The fourth-order valence-electron chi connectivity index (χ4n) is 2.56. The molecule has 3 aromatic heterocycles. The Balaban J connectivity index is 2.31. The molecule has 3 rings (SSSR count). The lowest BCUT2D eigenvalue weighted by molar-refractivity contribution is -0.140. The van der Waals surface area contributed by atoms with Crippen LogP contribution < -0.4 is 10.3 Å². The molecule has 0 N–H and O–H groups in total. The second-order valence-corrected chi connectivity index (χ2v) is 5.43. The Morgan fingerprint density at radius 1 is 1.32 bits per heavy atom. The molecule has 0 unspecified atom stereocenters. The molecule has 0 aliphatic rings. The van der Waals surface area contributed by atoms with Gasteiger partial charge < -0.3 is 4.74 Å². The fraction of sp³-hybridized carbons (Fsp3) is 0.312. The average Bonchev–Trinajstić information content (AvgIpc) is 3.02. The van der Waals surface area contributed by atoms with E-state index in [1.807, 2.05) is 6.92 Å². The van der Waals surface area contributed by atoms with Crippen molar-refractivity contribution in [1.82, 2.24) is 19.2 Å². The lowest BCUT2D eigenvalue weighted by Crippen LogP contribution is -2.24. The summed E-state index contributed by atoms with van der Waals surface area (Å²) in [6.45, 7) is 2.46. The maximum atomic E-state index is 13.5. The summed E-state index contributed by atoms with van der Waals surface area (Å²) in [7, 11) is 1.38. The first-order valence-corrected chi connectivity index (χ1v) is 7.55. The van der Waals surface area contributed by atoms with Crippen molar-refractivity contribution in [2.45, 2.75) is 26.1 Å². The Kier molecular flexibility index (Phi) is 4.23. The molecule has 0 atom stereocenters. The van der Waals surface area contributed by atoms with Crippen LogP contribution in [-0.4, -0.2) is 26.3 Å². The van der Waals surface area contributed by atoms with Gasteiger partial charge in [0, 0.05) is 30.6 Å². The number of nitrogens with zero attached hydrogens (tertiary/aromatic N) is 4. The number of alkyl halides is 3. The van der Waals surface area contributed by atoms with Crippen molar-refractivity contribution in [3.8, 4) is 16.9 Å². The van der Waals surface area contributed by atoms with Gasteiger partial charge in [-0.1, -0.05) is 6.92 Å². The number of fused-ring (bicyclic) bond motifs is 1. The van der Waals surface area contributed by atoms with Crippen LogP contribution >= 0.6 is 0 Å². The summed E-state index contributed by atoms with van der Waals surface area (Å²) >= 11 is 0. The summed E-state index contributed by atoms with van der Waals surface area (Å²) in [6.07, 6.45) is -0.00289. The second kappa shape index (κ2) is 6.23. The first kappa shape index (κ1) is 17.0. The summed E-state index contributed by atoms with van der Waals surface area (Å²) in [4.78, 5) is 16.4. The third kappa shape index (κ3) is 3.09. The zero-order valence-corrected chi connectivity index (χ0v) is 13.5. The number of aromatic nitrogens is 4. The van der Waals surface area contributed by atoms with E-state index in [1.165, 1.54) is 42.5 Å². The first-order chi connectivity index (χ1) is 11.8. The van der Waals surface area contributed by atoms with Crippen LogP contribution in [0.15, 0.2) is 35.5 Å². The maximum absolute atomic E-state index is 13.5. The highest BCUT2D eigenvalue weighted by molar-refractivity contribution is 5.66. The minimum Gasteiger partial charge on any atom is -0.497 e. The first-order valence-electron chi connectivity index (χ1n) is 7.55. The molecule has 0 fully saturated rings. The van der Waals surface area contributed by atoms with Crippen LogP contribution in [0.1, 0.15) is 19.0 Å². The van der Waals surface area contributed by atoms with Gasteiger partial charge in [0.25, 0.3) is 5.56 Å². The van der Waals surface area contributed by atoms with Crippen molar-refractivity contribution in [2.75, 3.05) is 7.11 Å². The summed E-state index contributed by atoms with van der Waals surface area (Å²) in [5, 5.41) is 4.01. The highest BCUT2D eigenvalue weighted by Crippen LogP contribution is 2.34. The molecule has 0 radical (unpaired) electrons. The summed E-state index contributed by atoms with van der Waals surface area (Å²) in [5.41, 5.74) is -2.61. The molecule has 3 aromatic rings. The second-order valence-electron chi connectivity index (χ2n) is 5.43. The molecule has 3 heterocycles. The highest BCUT2D eigenvalue weighted by atomic mass is 19.4. The van der Waals surface area contributed by atoms with E-state index in [0.717, 1.165) is 10.8 Å². The Hall–Kier alpha value is -2.84. The van der Waals surface area contributed by atoms with E-state index in [2.05, 4.69) is 10.1 Å². The van der Waals surface area contributed by atoms with E-state index in [-0.39, 0.29) is 11.2 Å². The molecular formula is C16H15F3N4O2. The van der Waals surface area contributed by atoms with E-state index in [1.54, 1.807) is 0 Å². The van der Waals surface area contributed by atoms with E-state index >= 15 is 0 Å². The molecule has 0 saturated heterocycles. The van der Waals surface area contributed by atoms with Crippen molar-refractivity contribution < 1.29 is 17.9 Å². The molecule has 6 nitrogen and oxygen atoms in total. The van der Waals surface area contributed by atoms with Gasteiger partial charge in [0.05, 0.1) is 18.9 Å². The van der Waals surface area contributed by atoms with Gasteiger partial charge >= 0.3 is 6.18 Å². The lowest BCUT2D eigenvalue weighted by atomic mass is 10.1. The van der Waals surface area contributed by atoms with E-state index < -0.39 is 23.0 Å². The Labute approximate surface area is 140 Å². The van der Waals surface area contributed by atoms with Crippen LogP contribution in [-0.2, 0) is 12.7 Å².